The van der Waals surface area contributed by atoms with Crippen LogP contribution in [0, 0.1) is 5.92 Å². The number of amides is 1. The number of pyridine rings is 1. The first kappa shape index (κ1) is 20.0. The Morgan fingerprint density at radius 2 is 2.00 bits per heavy atom. The van der Waals surface area contributed by atoms with E-state index < -0.39 is 0 Å². The van der Waals surface area contributed by atoms with Gasteiger partial charge in [0.1, 0.15) is 5.82 Å². The molecule has 1 aliphatic carbocycles. The van der Waals surface area contributed by atoms with E-state index in [-0.39, 0.29) is 30.7 Å². The largest absolute Gasteiger partial charge is 0.357 e. The molecule has 23 heavy (non-hydrogen) atoms. The molecule has 7 heteroatoms. The molecule has 1 amide bonds. The van der Waals surface area contributed by atoms with Gasteiger partial charge < -0.3 is 15.5 Å². The van der Waals surface area contributed by atoms with E-state index in [9.17, 15) is 4.79 Å². The summed E-state index contributed by atoms with van der Waals surface area (Å²) in [5, 5.41) is 6.17. The smallest absolute Gasteiger partial charge is 0.234 e. The minimum Gasteiger partial charge on any atom is -0.357 e. The van der Waals surface area contributed by atoms with E-state index in [0.29, 0.717) is 13.1 Å². The topological polar surface area (TPSA) is 57.3 Å². The summed E-state index contributed by atoms with van der Waals surface area (Å²) in [7, 11) is 0. The molecule has 1 saturated carbocycles. The number of hydrogen-bond donors (Lipinski definition) is 2. The second-order valence-electron chi connectivity index (χ2n) is 6.07. The summed E-state index contributed by atoms with van der Waals surface area (Å²) in [4.78, 5) is 18.5. The van der Waals surface area contributed by atoms with Crippen molar-refractivity contribution < 1.29 is 4.79 Å². The van der Waals surface area contributed by atoms with E-state index in [1.165, 1.54) is 25.7 Å². The SMILES string of the molecule is Cl.Cl.O=C(CNCC1CC1)NCc1ccnc(N2CCCC2)c1. The molecule has 0 radical (unpaired) electrons. The van der Waals surface area contributed by atoms with Crippen LogP contribution in [-0.2, 0) is 11.3 Å². The Bertz CT molecular complexity index is 491. The van der Waals surface area contributed by atoms with Crippen LogP contribution in [0.4, 0.5) is 5.82 Å². The summed E-state index contributed by atoms with van der Waals surface area (Å²) >= 11 is 0. The van der Waals surface area contributed by atoms with Crippen LogP contribution in [0.15, 0.2) is 18.3 Å². The van der Waals surface area contributed by atoms with Gasteiger partial charge in [-0.25, -0.2) is 4.98 Å². The van der Waals surface area contributed by atoms with E-state index >= 15 is 0 Å². The van der Waals surface area contributed by atoms with Crippen LogP contribution in [0.25, 0.3) is 0 Å². The molecule has 3 rings (SSSR count). The lowest BCUT2D eigenvalue weighted by Crippen LogP contribution is -2.34. The van der Waals surface area contributed by atoms with Gasteiger partial charge in [-0.1, -0.05) is 0 Å². The maximum Gasteiger partial charge on any atom is 0.234 e. The average Bonchev–Trinajstić information content (AvgIpc) is 3.16. The number of nitrogens with zero attached hydrogens (tertiary/aromatic N) is 2. The van der Waals surface area contributed by atoms with Gasteiger partial charge in [-0.2, -0.15) is 0 Å². The molecular weight excluding hydrogens is 335 g/mol. The quantitative estimate of drug-likeness (QED) is 0.781. The fourth-order valence-electron chi connectivity index (χ4n) is 2.66. The van der Waals surface area contributed by atoms with Crippen LogP contribution in [0.2, 0.25) is 0 Å². The second-order valence-corrected chi connectivity index (χ2v) is 6.07. The number of halogens is 2. The lowest BCUT2D eigenvalue weighted by atomic mass is 10.2. The highest BCUT2D eigenvalue weighted by Crippen LogP contribution is 2.27. The summed E-state index contributed by atoms with van der Waals surface area (Å²) in [5.74, 6) is 1.90. The van der Waals surface area contributed by atoms with Crippen LogP contribution >= 0.6 is 24.8 Å². The molecule has 0 unspecified atom stereocenters. The van der Waals surface area contributed by atoms with Crippen LogP contribution < -0.4 is 15.5 Å². The first-order chi connectivity index (χ1) is 10.3. The Labute approximate surface area is 150 Å². The number of carbonyl (C=O) groups excluding carboxylic acids is 1. The monoisotopic (exact) mass is 360 g/mol. The van der Waals surface area contributed by atoms with Gasteiger partial charge in [-0.05, 0) is 55.8 Å². The van der Waals surface area contributed by atoms with E-state index in [1.54, 1.807) is 0 Å². The highest BCUT2D eigenvalue weighted by Gasteiger charge is 2.20. The van der Waals surface area contributed by atoms with Crippen molar-refractivity contribution in [2.45, 2.75) is 32.2 Å². The molecule has 2 aliphatic rings. The zero-order chi connectivity index (χ0) is 14.5. The van der Waals surface area contributed by atoms with Crippen molar-refractivity contribution in [2.75, 3.05) is 31.1 Å². The Hall–Kier alpha value is -1.04. The van der Waals surface area contributed by atoms with Crippen molar-refractivity contribution in [3.05, 3.63) is 23.9 Å². The highest BCUT2D eigenvalue weighted by molar-refractivity contribution is 5.85. The zero-order valence-corrected chi connectivity index (χ0v) is 14.9. The number of rotatable bonds is 7. The first-order valence-corrected chi connectivity index (χ1v) is 7.98. The minimum atomic E-state index is 0. The summed E-state index contributed by atoms with van der Waals surface area (Å²) < 4.78 is 0. The van der Waals surface area contributed by atoms with Crippen molar-refractivity contribution in [1.29, 1.82) is 0 Å². The summed E-state index contributed by atoms with van der Waals surface area (Å²) in [5.41, 5.74) is 1.11. The van der Waals surface area contributed by atoms with Gasteiger partial charge >= 0.3 is 0 Å². The molecule has 5 nitrogen and oxygen atoms in total. The van der Waals surface area contributed by atoms with E-state index in [0.717, 1.165) is 36.9 Å². The van der Waals surface area contributed by atoms with Crippen LogP contribution in [0.5, 0.6) is 0 Å². The standard InChI is InChI=1S/C16H24N4O.2ClH/c21-16(12-17-10-13-3-4-13)19-11-14-5-6-18-15(9-14)20-7-1-2-8-20;;/h5-6,9,13,17H,1-4,7-8,10-12H2,(H,19,21);2*1H. The van der Waals surface area contributed by atoms with Crippen LogP contribution in [0.3, 0.4) is 0 Å². The molecule has 0 aromatic carbocycles. The van der Waals surface area contributed by atoms with Crippen molar-refractivity contribution >= 4 is 36.5 Å². The number of aromatic nitrogens is 1. The Morgan fingerprint density at radius 1 is 1.26 bits per heavy atom. The van der Waals surface area contributed by atoms with Gasteiger partial charge in [0, 0.05) is 25.8 Å². The van der Waals surface area contributed by atoms with Crippen LogP contribution in [0.1, 0.15) is 31.2 Å². The Balaban J connectivity index is 0.00000132. The zero-order valence-electron chi connectivity index (χ0n) is 13.3. The molecule has 0 spiro atoms. The summed E-state index contributed by atoms with van der Waals surface area (Å²) in [6, 6.07) is 4.06. The van der Waals surface area contributed by atoms with E-state index in [4.69, 9.17) is 0 Å². The Morgan fingerprint density at radius 3 is 2.70 bits per heavy atom. The van der Waals surface area contributed by atoms with Crippen molar-refractivity contribution in [1.82, 2.24) is 15.6 Å². The highest BCUT2D eigenvalue weighted by atomic mass is 35.5. The third kappa shape index (κ3) is 6.53. The third-order valence-electron chi connectivity index (χ3n) is 4.15. The molecule has 1 aromatic heterocycles. The van der Waals surface area contributed by atoms with Crippen LogP contribution in [-0.4, -0.2) is 37.1 Å². The number of nitrogens with one attached hydrogen (secondary N) is 2. The lowest BCUT2D eigenvalue weighted by molar-refractivity contribution is -0.120. The molecule has 2 N–H and O–H groups in total. The van der Waals surface area contributed by atoms with Gasteiger partial charge in [0.25, 0.3) is 0 Å². The van der Waals surface area contributed by atoms with Gasteiger partial charge in [-0.3, -0.25) is 4.79 Å². The molecule has 0 bridgehead atoms. The van der Waals surface area contributed by atoms with Crippen molar-refractivity contribution in [3.8, 4) is 0 Å². The minimum absolute atomic E-state index is 0. The van der Waals surface area contributed by atoms with Gasteiger partial charge in [-0.15, -0.1) is 24.8 Å². The predicted octanol–water partition coefficient (Wildman–Crippen LogP) is 2.14. The lowest BCUT2D eigenvalue weighted by Gasteiger charge is -2.17. The maximum absolute atomic E-state index is 11.8. The molecule has 2 heterocycles. The third-order valence-corrected chi connectivity index (χ3v) is 4.15. The fourth-order valence-corrected chi connectivity index (χ4v) is 2.66. The molecule has 1 aromatic rings. The number of carbonyl (C=O) groups is 1. The van der Waals surface area contributed by atoms with Gasteiger partial charge in [0.05, 0.1) is 6.54 Å². The molecular formula is C16H26Cl2N4O. The van der Waals surface area contributed by atoms with E-state index in [2.05, 4.69) is 26.6 Å². The van der Waals surface area contributed by atoms with Crippen molar-refractivity contribution in [3.63, 3.8) is 0 Å². The average molecular weight is 361 g/mol. The first-order valence-electron chi connectivity index (χ1n) is 7.98. The number of anilines is 1. The van der Waals surface area contributed by atoms with Crippen molar-refractivity contribution in [2.24, 2.45) is 5.92 Å². The van der Waals surface area contributed by atoms with Gasteiger partial charge in [0.2, 0.25) is 5.91 Å². The molecule has 130 valence electrons. The van der Waals surface area contributed by atoms with Gasteiger partial charge in [0.15, 0.2) is 0 Å². The number of hydrogen-bond acceptors (Lipinski definition) is 4. The summed E-state index contributed by atoms with van der Waals surface area (Å²) in [6.07, 6.45) is 6.95. The second kappa shape index (κ2) is 9.96. The molecule has 1 saturated heterocycles. The molecule has 1 aliphatic heterocycles. The molecule has 0 atom stereocenters. The summed E-state index contributed by atoms with van der Waals surface area (Å²) in [6.45, 7) is 4.15. The van der Waals surface area contributed by atoms with E-state index in [1.807, 2.05) is 12.3 Å². The maximum atomic E-state index is 11.8. The molecule has 2 fully saturated rings. The Kier molecular flexibility index (Phi) is 8.66. The fraction of sp³-hybridized carbons (Fsp3) is 0.625. The normalized spacial score (nSPS) is 16.4. The predicted molar refractivity (Wildman–Crippen MR) is 97.6 cm³/mol.